The first-order chi connectivity index (χ1) is 4.20. The summed E-state index contributed by atoms with van der Waals surface area (Å²) in [5.41, 5.74) is 0. The van der Waals surface area contributed by atoms with Gasteiger partial charge in [0.2, 0.25) is 0 Å². The second kappa shape index (κ2) is 2.58. The van der Waals surface area contributed by atoms with Gasteiger partial charge >= 0.3 is 0 Å². The lowest BCUT2D eigenvalue weighted by molar-refractivity contribution is 0.354. The number of benzene rings is 1. The molecule has 1 aromatic rings. The van der Waals surface area contributed by atoms with Crippen molar-refractivity contribution in [3.63, 3.8) is 0 Å². The summed E-state index contributed by atoms with van der Waals surface area (Å²) in [5.74, 6) is -0.0359. The number of halogens is 2. The second-order valence-electron chi connectivity index (χ2n) is 1.58. The second-order valence-corrected chi connectivity index (χ2v) is 2.84. The summed E-state index contributed by atoms with van der Waals surface area (Å²) < 4.78 is 0.650. The minimum absolute atomic E-state index is 0.0359. The molecule has 1 aromatic carbocycles. The van der Waals surface area contributed by atoms with E-state index in [1.807, 2.05) is 0 Å². The third-order valence-electron chi connectivity index (χ3n) is 0.891. The molecule has 0 aliphatic carbocycles. The highest BCUT2D eigenvalue weighted by Gasteiger charge is 1.96. The number of hydrogen-bond acceptors (Lipinski definition) is 0. The lowest BCUT2D eigenvalue weighted by Gasteiger charge is -1.91. The largest absolute Gasteiger partial charge is 0.290 e. The van der Waals surface area contributed by atoms with Gasteiger partial charge < -0.3 is 0 Å². The van der Waals surface area contributed by atoms with Crippen LogP contribution >= 0.6 is 27.5 Å². The van der Waals surface area contributed by atoms with Gasteiger partial charge in [0, 0.05) is 10.5 Å². The summed E-state index contributed by atoms with van der Waals surface area (Å²) in [4.78, 5) is 0. The van der Waals surface area contributed by atoms with Crippen molar-refractivity contribution < 1.29 is 5.11 Å². The van der Waals surface area contributed by atoms with Crippen LogP contribution in [0.2, 0.25) is 5.02 Å². The predicted octanol–water partition coefficient (Wildman–Crippen LogP) is 3.25. The molecule has 9 heavy (non-hydrogen) atoms. The van der Waals surface area contributed by atoms with Crippen molar-refractivity contribution in [3.8, 4) is 5.75 Å². The molecule has 0 saturated heterocycles. The summed E-state index contributed by atoms with van der Waals surface area (Å²) in [6.07, 6.45) is 0. The Labute approximate surface area is 66.4 Å². The van der Waals surface area contributed by atoms with E-state index in [4.69, 9.17) is 11.6 Å². The molecule has 0 fully saturated rings. The van der Waals surface area contributed by atoms with E-state index in [0.29, 0.717) is 9.50 Å². The molecular formula is C6H3BrClO. The maximum absolute atomic E-state index is 10.6. The fourth-order valence-corrected chi connectivity index (χ4v) is 0.952. The third kappa shape index (κ3) is 1.60. The van der Waals surface area contributed by atoms with E-state index in [2.05, 4.69) is 15.9 Å². The highest BCUT2D eigenvalue weighted by atomic mass is 79.9. The molecule has 0 spiro atoms. The predicted molar refractivity (Wildman–Crippen MR) is 39.3 cm³/mol. The van der Waals surface area contributed by atoms with E-state index in [0.717, 1.165) is 0 Å². The Balaban J connectivity index is 3.17. The molecule has 47 valence electrons. The zero-order chi connectivity index (χ0) is 6.85. The van der Waals surface area contributed by atoms with Crippen molar-refractivity contribution in [2.75, 3.05) is 0 Å². The van der Waals surface area contributed by atoms with Gasteiger partial charge in [0.1, 0.15) is 0 Å². The van der Waals surface area contributed by atoms with Crippen LogP contribution in [-0.4, -0.2) is 0 Å². The van der Waals surface area contributed by atoms with Gasteiger partial charge in [0.25, 0.3) is 0 Å². The van der Waals surface area contributed by atoms with Gasteiger partial charge in [-0.25, -0.2) is 0 Å². The van der Waals surface area contributed by atoms with Gasteiger partial charge in [-0.15, -0.1) is 0 Å². The first-order valence-electron chi connectivity index (χ1n) is 2.32. The van der Waals surface area contributed by atoms with Crippen LogP contribution < -0.4 is 0 Å². The van der Waals surface area contributed by atoms with E-state index >= 15 is 0 Å². The lowest BCUT2D eigenvalue weighted by atomic mass is 10.3. The number of hydrogen-bond donors (Lipinski definition) is 0. The molecule has 0 aliphatic rings. The molecule has 0 saturated carbocycles. The van der Waals surface area contributed by atoms with Crippen LogP contribution in [-0.2, 0) is 5.11 Å². The van der Waals surface area contributed by atoms with E-state index < -0.39 is 0 Å². The molecule has 0 unspecified atom stereocenters. The van der Waals surface area contributed by atoms with Crippen LogP contribution in [0.25, 0.3) is 0 Å². The quantitative estimate of drug-likeness (QED) is 0.621. The molecule has 1 nitrogen and oxygen atoms in total. The Hall–Kier alpha value is -0.210. The Morgan fingerprint density at radius 2 is 2.11 bits per heavy atom. The summed E-state index contributed by atoms with van der Waals surface area (Å²) in [6.45, 7) is 0. The topological polar surface area (TPSA) is 19.9 Å². The average molecular weight is 206 g/mol. The Morgan fingerprint density at radius 1 is 1.44 bits per heavy atom. The van der Waals surface area contributed by atoms with Crippen molar-refractivity contribution in [2.45, 2.75) is 0 Å². The molecule has 0 amide bonds. The minimum Gasteiger partial charge on any atom is -0.290 e. The normalized spacial score (nSPS) is 9.56. The van der Waals surface area contributed by atoms with Gasteiger partial charge in [-0.2, -0.15) is 0 Å². The number of rotatable bonds is 0. The van der Waals surface area contributed by atoms with Gasteiger partial charge in [0.15, 0.2) is 5.75 Å². The smallest absolute Gasteiger partial charge is 0.179 e. The maximum Gasteiger partial charge on any atom is 0.179 e. The monoisotopic (exact) mass is 205 g/mol. The molecule has 0 N–H and O–H groups in total. The Bertz CT molecular complexity index is 224. The van der Waals surface area contributed by atoms with Crippen molar-refractivity contribution >= 4 is 27.5 Å². The van der Waals surface area contributed by atoms with Gasteiger partial charge in [-0.3, -0.25) is 5.11 Å². The SMILES string of the molecule is [O]c1ccc(Cl)c(Br)c1. The maximum atomic E-state index is 10.6. The minimum atomic E-state index is -0.0359. The van der Waals surface area contributed by atoms with Gasteiger partial charge in [0.05, 0.1) is 5.02 Å². The van der Waals surface area contributed by atoms with Crippen molar-refractivity contribution in [2.24, 2.45) is 0 Å². The zero-order valence-corrected chi connectivity index (χ0v) is 6.74. The van der Waals surface area contributed by atoms with E-state index in [1.165, 1.54) is 12.1 Å². The molecule has 1 radical (unpaired) electrons. The molecule has 0 bridgehead atoms. The third-order valence-corrected chi connectivity index (χ3v) is 2.11. The van der Waals surface area contributed by atoms with E-state index in [-0.39, 0.29) is 5.75 Å². The summed E-state index contributed by atoms with van der Waals surface area (Å²) in [6, 6.07) is 4.42. The highest BCUT2D eigenvalue weighted by Crippen LogP contribution is 2.25. The summed E-state index contributed by atoms with van der Waals surface area (Å²) >= 11 is 8.71. The fourth-order valence-electron chi connectivity index (χ4n) is 0.477. The van der Waals surface area contributed by atoms with Crippen LogP contribution in [0.1, 0.15) is 0 Å². The van der Waals surface area contributed by atoms with Crippen molar-refractivity contribution in [3.05, 3.63) is 27.7 Å². The molecular weight excluding hydrogens is 203 g/mol. The molecule has 0 atom stereocenters. The molecule has 0 aromatic heterocycles. The van der Waals surface area contributed by atoms with Crippen molar-refractivity contribution in [1.82, 2.24) is 0 Å². The summed E-state index contributed by atoms with van der Waals surface area (Å²) in [7, 11) is 0. The summed E-state index contributed by atoms with van der Waals surface area (Å²) in [5, 5.41) is 11.1. The first kappa shape index (κ1) is 6.90. The lowest BCUT2D eigenvalue weighted by Crippen LogP contribution is -1.65. The van der Waals surface area contributed by atoms with Gasteiger partial charge in [-0.1, -0.05) is 11.6 Å². The van der Waals surface area contributed by atoms with Gasteiger partial charge in [-0.05, 0) is 28.1 Å². The molecule has 3 heteroatoms. The van der Waals surface area contributed by atoms with Crippen LogP contribution in [0.15, 0.2) is 22.7 Å². The van der Waals surface area contributed by atoms with Crippen LogP contribution in [0.4, 0.5) is 0 Å². The Morgan fingerprint density at radius 3 is 2.56 bits per heavy atom. The van der Waals surface area contributed by atoms with E-state index in [9.17, 15) is 5.11 Å². The average Bonchev–Trinajstić information content (AvgIpc) is 1.80. The highest BCUT2D eigenvalue weighted by molar-refractivity contribution is 9.10. The van der Waals surface area contributed by atoms with Crippen molar-refractivity contribution in [1.29, 1.82) is 0 Å². The zero-order valence-electron chi connectivity index (χ0n) is 4.40. The fraction of sp³-hybridized carbons (Fsp3) is 0. The standard InChI is InChI=1S/C6H3BrClO/c7-5-3-4(9)1-2-6(5)8/h1-3H. The van der Waals surface area contributed by atoms with Crippen LogP contribution in [0.3, 0.4) is 0 Å². The molecule has 0 aliphatic heterocycles. The van der Waals surface area contributed by atoms with Crippen LogP contribution in [0, 0.1) is 0 Å². The first-order valence-corrected chi connectivity index (χ1v) is 3.49. The Kier molecular flexibility index (Phi) is 1.98. The van der Waals surface area contributed by atoms with E-state index in [1.54, 1.807) is 6.07 Å². The molecule has 0 heterocycles. The van der Waals surface area contributed by atoms with Crippen LogP contribution in [0.5, 0.6) is 5.75 Å². The molecule has 1 rings (SSSR count).